The molecule has 12 heteroatoms. The van der Waals surface area contributed by atoms with Crippen LogP contribution in [0.15, 0.2) is 27.0 Å². The summed E-state index contributed by atoms with van der Waals surface area (Å²) in [5, 5.41) is 3.73. The lowest BCUT2D eigenvalue weighted by molar-refractivity contribution is -0.0588. The number of ether oxygens (including phenoxy) is 1. The molecule has 23 heavy (non-hydrogen) atoms. The van der Waals surface area contributed by atoms with Crippen LogP contribution in [0.25, 0.3) is 10.4 Å². The molecule has 2 saturated heterocycles. The zero-order chi connectivity index (χ0) is 16.8. The van der Waals surface area contributed by atoms with Crippen molar-refractivity contribution in [1.82, 2.24) is 9.55 Å². The summed E-state index contributed by atoms with van der Waals surface area (Å²) in [6.07, 6.45) is -1.33. The Balaban J connectivity index is 2.10. The first-order valence-electron chi connectivity index (χ1n) is 6.70. The number of H-pyrrole nitrogens is 1. The van der Waals surface area contributed by atoms with Gasteiger partial charge in [-0.05, 0) is 12.5 Å². The van der Waals surface area contributed by atoms with Crippen molar-refractivity contribution >= 4 is 7.60 Å². The quantitative estimate of drug-likeness (QED) is 0.362. The summed E-state index contributed by atoms with van der Waals surface area (Å²) < 4.78 is 29.5. The Hall–Kier alpha value is -1.90. The van der Waals surface area contributed by atoms with Gasteiger partial charge < -0.3 is 13.8 Å². The van der Waals surface area contributed by atoms with Gasteiger partial charge >= 0.3 is 13.3 Å². The van der Waals surface area contributed by atoms with Crippen LogP contribution >= 0.6 is 7.60 Å². The highest BCUT2D eigenvalue weighted by Crippen LogP contribution is 2.56. The number of fused-ring (bicyclic) bond motifs is 1. The van der Waals surface area contributed by atoms with Gasteiger partial charge in [-0.2, -0.15) is 0 Å². The van der Waals surface area contributed by atoms with E-state index in [1.165, 1.54) is 19.8 Å². The van der Waals surface area contributed by atoms with Crippen molar-refractivity contribution in [3.63, 3.8) is 0 Å². The van der Waals surface area contributed by atoms with Crippen molar-refractivity contribution < 1.29 is 18.3 Å². The largest absolute Gasteiger partial charge is 0.349 e. The maximum absolute atomic E-state index is 12.1. The predicted octanol–water partition coefficient (Wildman–Crippen LogP) is 0.741. The summed E-state index contributed by atoms with van der Waals surface area (Å²) >= 11 is 0. The molecule has 0 radical (unpaired) electrons. The van der Waals surface area contributed by atoms with E-state index in [0.717, 1.165) is 10.6 Å². The van der Waals surface area contributed by atoms with E-state index in [1.54, 1.807) is 0 Å². The summed E-state index contributed by atoms with van der Waals surface area (Å²) in [6.45, 7) is 2.81. The molecule has 0 amide bonds. The van der Waals surface area contributed by atoms with E-state index < -0.39 is 42.8 Å². The van der Waals surface area contributed by atoms with E-state index in [2.05, 4.69) is 15.0 Å². The molecule has 2 fully saturated rings. The molecule has 124 valence electrons. The van der Waals surface area contributed by atoms with Crippen molar-refractivity contribution in [2.45, 2.75) is 30.9 Å². The first-order valence-corrected chi connectivity index (χ1v) is 8.69. The van der Waals surface area contributed by atoms with Gasteiger partial charge in [0.25, 0.3) is 5.56 Å². The Morgan fingerprint density at radius 2 is 2.30 bits per heavy atom. The lowest BCUT2D eigenvalue weighted by Gasteiger charge is -2.35. The van der Waals surface area contributed by atoms with Crippen molar-refractivity contribution in [1.29, 1.82) is 0 Å². The molecule has 3 rings (SSSR count). The fourth-order valence-electron chi connectivity index (χ4n) is 2.80. The summed E-state index contributed by atoms with van der Waals surface area (Å²) in [5.74, 6) is 0. The SMILES string of the molecule is C[C@@]1(N=[N+]=[N-])[C@@H]2O[P@](C)(=O)OC[C@H]2O[C@H]1n1ccc(=O)[nH]c1=O. The lowest BCUT2D eigenvalue weighted by atomic mass is 9.93. The number of aromatic amines is 1. The van der Waals surface area contributed by atoms with Crippen LogP contribution in [0.2, 0.25) is 0 Å². The molecule has 0 bridgehead atoms. The molecule has 1 aromatic rings. The van der Waals surface area contributed by atoms with Crippen molar-refractivity contribution in [2.75, 3.05) is 13.3 Å². The molecule has 3 heterocycles. The number of nitrogens with zero attached hydrogens (tertiary/aromatic N) is 4. The van der Waals surface area contributed by atoms with Crippen molar-refractivity contribution in [2.24, 2.45) is 5.11 Å². The first kappa shape index (κ1) is 16.0. The van der Waals surface area contributed by atoms with E-state index in [1.807, 2.05) is 0 Å². The van der Waals surface area contributed by atoms with E-state index in [-0.39, 0.29) is 6.61 Å². The molecule has 0 unspecified atom stereocenters. The van der Waals surface area contributed by atoms with Gasteiger partial charge in [0, 0.05) is 23.8 Å². The highest BCUT2D eigenvalue weighted by molar-refractivity contribution is 7.53. The topological polar surface area (TPSA) is 148 Å². The maximum atomic E-state index is 12.1. The molecule has 2 aliphatic rings. The molecule has 1 N–H and O–H groups in total. The summed E-state index contributed by atoms with van der Waals surface area (Å²) in [5.41, 5.74) is 6.26. The molecule has 1 aromatic heterocycles. The zero-order valence-corrected chi connectivity index (χ0v) is 13.2. The lowest BCUT2D eigenvalue weighted by Crippen LogP contribution is -2.47. The second-order valence-corrected chi connectivity index (χ2v) is 7.56. The van der Waals surface area contributed by atoms with Crippen molar-refractivity contribution in [3.8, 4) is 0 Å². The number of azide groups is 1. The third kappa shape index (κ3) is 2.62. The van der Waals surface area contributed by atoms with Gasteiger partial charge in [0.2, 0.25) is 0 Å². The van der Waals surface area contributed by atoms with Gasteiger partial charge in [-0.25, -0.2) is 4.79 Å². The van der Waals surface area contributed by atoms with Crippen LogP contribution in [0.1, 0.15) is 13.2 Å². The van der Waals surface area contributed by atoms with Crippen LogP contribution < -0.4 is 11.2 Å². The average molecular weight is 343 g/mol. The van der Waals surface area contributed by atoms with Gasteiger partial charge in [-0.15, -0.1) is 0 Å². The van der Waals surface area contributed by atoms with Crippen molar-refractivity contribution in [3.05, 3.63) is 43.5 Å². The smallest absolute Gasteiger partial charge is 0.330 e. The fourth-order valence-corrected chi connectivity index (χ4v) is 4.04. The third-order valence-electron chi connectivity index (χ3n) is 3.86. The van der Waals surface area contributed by atoms with Gasteiger partial charge in [0.15, 0.2) is 6.23 Å². The fraction of sp³-hybridized carbons (Fsp3) is 0.636. The number of hydrogen-bond donors (Lipinski definition) is 1. The minimum Gasteiger partial charge on any atom is -0.349 e. The van der Waals surface area contributed by atoms with Gasteiger partial charge in [-0.3, -0.25) is 18.9 Å². The molecule has 11 nitrogen and oxygen atoms in total. The first-order chi connectivity index (χ1) is 10.8. The Kier molecular flexibility index (Phi) is 3.70. The van der Waals surface area contributed by atoms with E-state index in [9.17, 15) is 14.2 Å². The Labute approximate surface area is 129 Å². The Morgan fingerprint density at radius 3 is 2.96 bits per heavy atom. The summed E-state index contributed by atoms with van der Waals surface area (Å²) in [6, 6.07) is 1.14. The standard InChI is InChI=1S/C11H14N5O6P/c1-11(14-15-12)8-6(5-20-23(2,19)22-8)21-9(11)16-4-3-7(17)13-10(16)18/h3-4,6,8-9H,5H2,1-2H3,(H,13,17,18)/t6-,8-,9-,11-,23-/m1/s1. The predicted molar refractivity (Wildman–Crippen MR) is 77.1 cm³/mol. The number of aromatic nitrogens is 2. The van der Waals surface area contributed by atoms with Gasteiger partial charge in [-0.1, -0.05) is 5.11 Å². The molecular weight excluding hydrogens is 329 g/mol. The number of rotatable bonds is 2. The van der Waals surface area contributed by atoms with Crippen LogP contribution in [0.3, 0.4) is 0 Å². The molecule has 0 saturated carbocycles. The number of nitrogens with one attached hydrogen (secondary N) is 1. The van der Waals surface area contributed by atoms with Gasteiger partial charge in [0.05, 0.1) is 6.61 Å². The normalized spacial score (nSPS) is 39.5. The summed E-state index contributed by atoms with van der Waals surface area (Å²) in [7, 11) is -3.31. The summed E-state index contributed by atoms with van der Waals surface area (Å²) in [4.78, 5) is 28.1. The Bertz CT molecular complexity index is 844. The van der Waals surface area contributed by atoms with E-state index in [0.29, 0.717) is 0 Å². The average Bonchev–Trinajstić information content (AvgIpc) is 2.72. The number of hydrogen-bond acceptors (Lipinski definition) is 7. The Morgan fingerprint density at radius 1 is 1.57 bits per heavy atom. The third-order valence-corrected chi connectivity index (χ3v) is 5.09. The highest BCUT2D eigenvalue weighted by Gasteiger charge is 2.59. The van der Waals surface area contributed by atoms with Crippen LogP contribution in [0.5, 0.6) is 0 Å². The maximum Gasteiger partial charge on any atom is 0.330 e. The highest BCUT2D eigenvalue weighted by atomic mass is 31.2. The van der Waals surface area contributed by atoms with Crippen LogP contribution in [0.4, 0.5) is 0 Å². The van der Waals surface area contributed by atoms with Crippen LogP contribution in [0, 0.1) is 0 Å². The van der Waals surface area contributed by atoms with Crippen LogP contribution in [-0.4, -0.2) is 40.6 Å². The van der Waals surface area contributed by atoms with Gasteiger partial charge in [0.1, 0.15) is 17.7 Å². The monoisotopic (exact) mass is 343 g/mol. The minimum absolute atomic E-state index is 0.0242. The second kappa shape index (κ2) is 5.33. The second-order valence-electron chi connectivity index (χ2n) is 5.55. The van der Waals surface area contributed by atoms with E-state index in [4.69, 9.17) is 19.3 Å². The van der Waals surface area contributed by atoms with Crippen LogP contribution in [-0.2, 0) is 18.3 Å². The molecule has 0 aromatic carbocycles. The molecule has 0 spiro atoms. The minimum atomic E-state index is -3.31. The molecular formula is C11H14N5O6P. The zero-order valence-electron chi connectivity index (χ0n) is 12.3. The molecule has 0 aliphatic carbocycles. The molecule has 2 aliphatic heterocycles. The molecule has 5 atom stereocenters. The van der Waals surface area contributed by atoms with E-state index >= 15 is 0 Å².